The highest BCUT2D eigenvalue weighted by Crippen LogP contribution is 2.43. The van der Waals surface area contributed by atoms with Gasteiger partial charge in [0.1, 0.15) is 5.82 Å². The Morgan fingerprint density at radius 3 is 2.66 bits per heavy atom. The number of likely N-dealkylation sites (N-methyl/N-ethyl adjacent to an activating group) is 1. The lowest BCUT2D eigenvalue weighted by molar-refractivity contribution is -0.173. The molecule has 0 radical (unpaired) electrons. The largest absolute Gasteiger partial charge is 0.410 e. The molecule has 10 heteroatoms. The number of carbonyl (C=O) groups is 1. The van der Waals surface area contributed by atoms with E-state index < -0.39 is 24.2 Å². The zero-order valence-electron chi connectivity index (χ0n) is 17.2. The first-order valence-corrected chi connectivity index (χ1v) is 10.4. The molecular weight excluding hydrogens is 443 g/mol. The normalized spacial score (nSPS) is 18.0. The number of carbonyl (C=O) groups excluding carboxylic acids is 1. The lowest BCUT2D eigenvalue weighted by Crippen LogP contribution is -2.36. The van der Waals surface area contributed by atoms with Crippen LogP contribution in [0.25, 0.3) is 0 Å². The first-order chi connectivity index (χ1) is 15.2. The number of benzene rings is 1. The molecule has 0 saturated carbocycles. The SMILES string of the molecule is CN(CCc1ccccn1)C(=O)c1cc2n(n1)C(C(F)(F)F)CC(c1ccc(Cl)cc1)N2. The van der Waals surface area contributed by atoms with Gasteiger partial charge in [-0.2, -0.15) is 18.3 Å². The van der Waals surface area contributed by atoms with Crippen LogP contribution in [0.4, 0.5) is 19.0 Å². The van der Waals surface area contributed by atoms with E-state index in [4.69, 9.17) is 11.6 Å². The van der Waals surface area contributed by atoms with Crippen molar-refractivity contribution in [3.05, 3.63) is 76.7 Å². The summed E-state index contributed by atoms with van der Waals surface area (Å²) < 4.78 is 42.4. The van der Waals surface area contributed by atoms with Gasteiger partial charge >= 0.3 is 6.18 Å². The van der Waals surface area contributed by atoms with Crippen molar-refractivity contribution < 1.29 is 18.0 Å². The van der Waals surface area contributed by atoms with Gasteiger partial charge in [-0.15, -0.1) is 0 Å². The summed E-state index contributed by atoms with van der Waals surface area (Å²) in [5.74, 6) is -0.298. The van der Waals surface area contributed by atoms with E-state index in [0.29, 0.717) is 23.6 Å². The summed E-state index contributed by atoms with van der Waals surface area (Å²) >= 11 is 5.90. The Balaban J connectivity index is 1.55. The van der Waals surface area contributed by atoms with E-state index in [1.807, 2.05) is 12.1 Å². The van der Waals surface area contributed by atoms with E-state index in [1.165, 1.54) is 11.0 Å². The van der Waals surface area contributed by atoms with Gasteiger partial charge in [0.25, 0.3) is 5.91 Å². The van der Waals surface area contributed by atoms with Crippen LogP contribution in [0, 0.1) is 0 Å². The van der Waals surface area contributed by atoms with Crippen LogP contribution in [0.2, 0.25) is 5.02 Å². The Hall–Kier alpha value is -3.07. The van der Waals surface area contributed by atoms with Crippen LogP contribution in [-0.2, 0) is 6.42 Å². The number of anilines is 1. The molecule has 0 aliphatic carbocycles. The standard InChI is InChI=1S/C22H21ClF3N5O/c1-30(11-9-16-4-2-3-10-27-16)21(32)18-13-20-28-17(14-5-7-15(23)8-6-14)12-19(22(24,25)26)31(20)29-18/h2-8,10,13,17,19,28H,9,11-12H2,1H3. The summed E-state index contributed by atoms with van der Waals surface area (Å²) in [5.41, 5.74) is 1.46. The van der Waals surface area contributed by atoms with Crippen molar-refractivity contribution in [3.63, 3.8) is 0 Å². The molecule has 32 heavy (non-hydrogen) atoms. The highest BCUT2D eigenvalue weighted by atomic mass is 35.5. The van der Waals surface area contributed by atoms with Crippen LogP contribution < -0.4 is 5.32 Å². The summed E-state index contributed by atoms with van der Waals surface area (Å²) in [6.45, 7) is 0.363. The van der Waals surface area contributed by atoms with Gasteiger partial charge < -0.3 is 10.2 Å². The van der Waals surface area contributed by atoms with E-state index >= 15 is 0 Å². The van der Waals surface area contributed by atoms with Gasteiger partial charge in [0.2, 0.25) is 0 Å². The predicted molar refractivity (Wildman–Crippen MR) is 115 cm³/mol. The minimum atomic E-state index is -4.52. The van der Waals surface area contributed by atoms with Crippen molar-refractivity contribution in [2.45, 2.75) is 31.1 Å². The first kappa shape index (κ1) is 22.1. The third kappa shape index (κ3) is 4.72. The van der Waals surface area contributed by atoms with Crippen LogP contribution in [0.15, 0.2) is 54.7 Å². The lowest BCUT2D eigenvalue weighted by atomic mass is 9.97. The second-order valence-corrected chi connectivity index (χ2v) is 8.14. The van der Waals surface area contributed by atoms with E-state index in [-0.39, 0.29) is 17.9 Å². The van der Waals surface area contributed by atoms with E-state index in [2.05, 4.69) is 15.4 Å². The molecule has 168 valence electrons. The number of nitrogens with zero attached hydrogens (tertiary/aromatic N) is 4. The molecule has 4 rings (SSSR count). The monoisotopic (exact) mass is 463 g/mol. The number of pyridine rings is 1. The zero-order valence-corrected chi connectivity index (χ0v) is 17.9. The average molecular weight is 464 g/mol. The minimum absolute atomic E-state index is 0.0398. The lowest BCUT2D eigenvalue weighted by Gasteiger charge is -2.33. The van der Waals surface area contributed by atoms with Crippen molar-refractivity contribution in [1.82, 2.24) is 19.7 Å². The van der Waals surface area contributed by atoms with Crippen LogP contribution in [-0.4, -0.2) is 45.3 Å². The molecular formula is C22H21ClF3N5O. The highest BCUT2D eigenvalue weighted by molar-refractivity contribution is 6.30. The molecule has 2 aromatic heterocycles. The Bertz CT molecular complexity index is 1090. The molecule has 0 bridgehead atoms. The van der Waals surface area contributed by atoms with E-state index in [9.17, 15) is 18.0 Å². The molecule has 3 heterocycles. The van der Waals surface area contributed by atoms with E-state index in [1.54, 1.807) is 43.6 Å². The fourth-order valence-corrected chi connectivity index (χ4v) is 3.84. The van der Waals surface area contributed by atoms with Crippen molar-refractivity contribution in [3.8, 4) is 0 Å². The summed E-state index contributed by atoms with van der Waals surface area (Å²) in [4.78, 5) is 18.5. The molecule has 1 aliphatic heterocycles. The van der Waals surface area contributed by atoms with Crippen molar-refractivity contribution in [2.24, 2.45) is 0 Å². The maximum absolute atomic E-state index is 13.8. The molecule has 1 aliphatic rings. The van der Waals surface area contributed by atoms with Crippen molar-refractivity contribution in [1.29, 1.82) is 0 Å². The molecule has 1 N–H and O–H groups in total. The number of rotatable bonds is 5. The average Bonchev–Trinajstić information content (AvgIpc) is 3.21. The Kier molecular flexibility index (Phi) is 6.10. The number of nitrogens with one attached hydrogen (secondary N) is 1. The number of hydrogen-bond acceptors (Lipinski definition) is 4. The molecule has 0 fully saturated rings. The Morgan fingerprint density at radius 2 is 2.00 bits per heavy atom. The van der Waals surface area contributed by atoms with Crippen LogP contribution in [0.3, 0.4) is 0 Å². The summed E-state index contributed by atoms with van der Waals surface area (Å²) in [6, 6.07) is 11.1. The molecule has 1 aromatic carbocycles. The van der Waals surface area contributed by atoms with Gasteiger partial charge in [-0.25, -0.2) is 4.68 Å². The van der Waals surface area contributed by atoms with Crippen LogP contribution in [0.5, 0.6) is 0 Å². The van der Waals surface area contributed by atoms with Crippen molar-refractivity contribution >= 4 is 23.3 Å². The fraction of sp³-hybridized carbons (Fsp3) is 0.318. The second-order valence-electron chi connectivity index (χ2n) is 7.70. The molecule has 0 spiro atoms. The number of halogens is 4. The highest BCUT2D eigenvalue weighted by Gasteiger charge is 2.46. The Labute approximate surface area is 188 Å². The Morgan fingerprint density at radius 1 is 1.25 bits per heavy atom. The zero-order chi connectivity index (χ0) is 22.9. The number of amides is 1. The van der Waals surface area contributed by atoms with Crippen molar-refractivity contribution in [2.75, 3.05) is 18.9 Å². The predicted octanol–water partition coefficient (Wildman–Crippen LogP) is 4.91. The van der Waals surface area contributed by atoms with Gasteiger partial charge in [0.05, 0.1) is 6.04 Å². The molecule has 0 saturated heterocycles. The number of fused-ring (bicyclic) bond motifs is 1. The molecule has 2 atom stereocenters. The molecule has 1 amide bonds. The summed E-state index contributed by atoms with van der Waals surface area (Å²) in [6.07, 6.45) is -2.57. The topological polar surface area (TPSA) is 63.1 Å². The van der Waals surface area contributed by atoms with Gasteiger partial charge in [0.15, 0.2) is 11.7 Å². The fourth-order valence-electron chi connectivity index (χ4n) is 3.72. The number of hydrogen-bond donors (Lipinski definition) is 1. The first-order valence-electron chi connectivity index (χ1n) is 10.1. The minimum Gasteiger partial charge on any atom is -0.363 e. The van der Waals surface area contributed by atoms with Crippen LogP contribution >= 0.6 is 11.6 Å². The molecule has 3 aromatic rings. The maximum atomic E-state index is 13.8. The third-order valence-corrected chi connectivity index (χ3v) is 5.71. The van der Waals surface area contributed by atoms with E-state index in [0.717, 1.165) is 10.4 Å². The number of alkyl halides is 3. The quantitative estimate of drug-likeness (QED) is 0.584. The maximum Gasteiger partial charge on any atom is 0.410 e. The second kappa shape index (κ2) is 8.82. The van der Waals surface area contributed by atoms with Gasteiger partial charge in [-0.05, 0) is 29.8 Å². The molecule has 6 nitrogen and oxygen atoms in total. The third-order valence-electron chi connectivity index (χ3n) is 5.46. The smallest absolute Gasteiger partial charge is 0.363 e. The van der Waals surface area contributed by atoms with Gasteiger partial charge in [-0.3, -0.25) is 9.78 Å². The van der Waals surface area contributed by atoms with Gasteiger partial charge in [-0.1, -0.05) is 29.8 Å². The summed E-state index contributed by atoms with van der Waals surface area (Å²) in [5, 5.41) is 7.61. The van der Waals surface area contributed by atoms with Crippen LogP contribution in [0.1, 0.15) is 40.3 Å². The molecule has 2 unspecified atom stereocenters. The van der Waals surface area contributed by atoms with Gasteiger partial charge in [0, 0.05) is 49.4 Å². The number of aromatic nitrogens is 3. The summed E-state index contributed by atoms with van der Waals surface area (Å²) in [7, 11) is 1.59.